The zero-order chi connectivity index (χ0) is 16.4. The van der Waals surface area contributed by atoms with Crippen molar-refractivity contribution in [3.63, 3.8) is 0 Å². The maximum atomic E-state index is 12.5. The van der Waals surface area contributed by atoms with Crippen molar-refractivity contribution in [1.82, 2.24) is 15.1 Å². The third kappa shape index (κ3) is 3.06. The van der Waals surface area contributed by atoms with Crippen LogP contribution in [-0.2, 0) is 16.8 Å². The van der Waals surface area contributed by atoms with Crippen LogP contribution in [0.2, 0.25) is 0 Å². The third-order valence-corrected chi connectivity index (χ3v) is 4.20. The number of carbonyl (C=O) groups excluding carboxylic acids is 1. The number of cyclic esters (lactones) is 1. The first-order valence-electron chi connectivity index (χ1n) is 7.84. The summed E-state index contributed by atoms with van der Waals surface area (Å²) < 4.78 is 11.4. The molecule has 0 unspecified atom stereocenters. The van der Waals surface area contributed by atoms with Gasteiger partial charge in [0.25, 0.3) is 0 Å². The molecular formula is C17H21N3O3. The first-order chi connectivity index (χ1) is 11.0. The fraction of sp³-hybridized carbons (Fsp3) is 0.471. The maximum absolute atomic E-state index is 12.5. The normalized spacial score (nSPS) is 21.6. The largest absolute Gasteiger partial charge is 0.437 e. The minimum Gasteiger partial charge on any atom is -0.437 e. The molecule has 0 saturated carbocycles. The lowest BCUT2D eigenvalue weighted by Crippen LogP contribution is -2.51. The highest BCUT2D eigenvalue weighted by Gasteiger charge is 2.44. The number of amides is 1. The van der Waals surface area contributed by atoms with Crippen molar-refractivity contribution in [1.29, 1.82) is 0 Å². The van der Waals surface area contributed by atoms with Crippen LogP contribution in [0.25, 0.3) is 0 Å². The molecule has 1 fully saturated rings. The highest BCUT2D eigenvalue weighted by Crippen LogP contribution is 2.37. The quantitative estimate of drug-likeness (QED) is 0.867. The molecule has 2 aromatic rings. The van der Waals surface area contributed by atoms with Crippen LogP contribution in [0, 0.1) is 6.92 Å². The molecule has 1 aliphatic rings. The molecule has 0 aliphatic carbocycles. The van der Waals surface area contributed by atoms with E-state index in [4.69, 9.17) is 9.15 Å². The van der Waals surface area contributed by atoms with Gasteiger partial charge in [0, 0.05) is 25.9 Å². The van der Waals surface area contributed by atoms with Gasteiger partial charge >= 0.3 is 6.09 Å². The van der Waals surface area contributed by atoms with Crippen molar-refractivity contribution < 1.29 is 13.9 Å². The van der Waals surface area contributed by atoms with E-state index >= 15 is 0 Å². The number of nitrogens with zero attached hydrogens (tertiary/aromatic N) is 3. The Balaban J connectivity index is 1.94. The summed E-state index contributed by atoms with van der Waals surface area (Å²) in [6.07, 6.45) is 0.768. The van der Waals surface area contributed by atoms with E-state index in [1.807, 2.05) is 44.2 Å². The predicted octanol–water partition coefficient (Wildman–Crippen LogP) is 3.07. The molecule has 0 N–H and O–H groups in total. The van der Waals surface area contributed by atoms with Gasteiger partial charge in [-0.1, -0.05) is 30.3 Å². The van der Waals surface area contributed by atoms with Crippen molar-refractivity contribution >= 4 is 6.09 Å². The standard InChI is InChI=1S/C17H21N3O3/c1-12(2)20-10-9-17(23-16(20)21,14-7-5-4-6-8-14)11-15-19-18-13(3)22-15/h4-8,12H,9-11H2,1-3H3/t17-/m0/s1. The van der Waals surface area contributed by atoms with Crippen LogP contribution in [0.5, 0.6) is 0 Å². The highest BCUT2D eigenvalue weighted by molar-refractivity contribution is 5.69. The molecule has 1 aliphatic heterocycles. The second-order valence-corrected chi connectivity index (χ2v) is 6.16. The molecule has 1 atom stereocenters. The van der Waals surface area contributed by atoms with E-state index in [1.165, 1.54) is 0 Å². The topological polar surface area (TPSA) is 68.5 Å². The number of aryl methyl sites for hydroxylation is 1. The number of hydrogen-bond donors (Lipinski definition) is 0. The van der Waals surface area contributed by atoms with Crippen molar-refractivity contribution in [2.45, 2.75) is 45.3 Å². The van der Waals surface area contributed by atoms with E-state index in [1.54, 1.807) is 11.8 Å². The molecule has 1 amide bonds. The van der Waals surface area contributed by atoms with Crippen LogP contribution < -0.4 is 0 Å². The molecular weight excluding hydrogens is 294 g/mol. The Kier molecular flexibility index (Phi) is 4.07. The summed E-state index contributed by atoms with van der Waals surface area (Å²) in [7, 11) is 0. The summed E-state index contributed by atoms with van der Waals surface area (Å²) >= 11 is 0. The fourth-order valence-corrected chi connectivity index (χ4v) is 2.96. The second kappa shape index (κ2) is 6.02. The predicted molar refractivity (Wildman–Crippen MR) is 83.8 cm³/mol. The highest BCUT2D eigenvalue weighted by atomic mass is 16.6. The molecule has 0 spiro atoms. The molecule has 0 radical (unpaired) electrons. The van der Waals surface area contributed by atoms with E-state index < -0.39 is 5.60 Å². The molecule has 0 bridgehead atoms. The molecule has 122 valence electrons. The second-order valence-electron chi connectivity index (χ2n) is 6.16. The molecule has 1 aromatic heterocycles. The summed E-state index contributed by atoms with van der Waals surface area (Å²) in [6, 6.07) is 9.89. The molecule has 6 heteroatoms. The van der Waals surface area contributed by atoms with Crippen molar-refractivity contribution in [3.05, 3.63) is 47.7 Å². The molecule has 3 rings (SSSR count). The molecule has 6 nitrogen and oxygen atoms in total. The third-order valence-electron chi connectivity index (χ3n) is 4.20. The van der Waals surface area contributed by atoms with E-state index in [9.17, 15) is 4.79 Å². The van der Waals surface area contributed by atoms with Crippen LogP contribution in [0.1, 0.15) is 37.6 Å². The van der Waals surface area contributed by atoms with Gasteiger partial charge in [-0.15, -0.1) is 10.2 Å². The minimum absolute atomic E-state index is 0.113. The summed E-state index contributed by atoms with van der Waals surface area (Å²) in [4.78, 5) is 14.2. The maximum Gasteiger partial charge on any atom is 0.410 e. The fourth-order valence-electron chi connectivity index (χ4n) is 2.96. The van der Waals surface area contributed by atoms with E-state index in [0.29, 0.717) is 31.2 Å². The first kappa shape index (κ1) is 15.5. The van der Waals surface area contributed by atoms with Gasteiger partial charge < -0.3 is 14.1 Å². The van der Waals surface area contributed by atoms with Crippen molar-refractivity contribution in [2.75, 3.05) is 6.54 Å². The summed E-state index contributed by atoms with van der Waals surface area (Å²) in [5, 5.41) is 7.94. The van der Waals surface area contributed by atoms with Gasteiger partial charge in [-0.05, 0) is 19.4 Å². The monoisotopic (exact) mass is 315 g/mol. The Bertz CT molecular complexity index is 683. The molecule has 1 saturated heterocycles. The average molecular weight is 315 g/mol. The van der Waals surface area contributed by atoms with Crippen molar-refractivity contribution in [3.8, 4) is 0 Å². The van der Waals surface area contributed by atoms with Gasteiger partial charge in [0.1, 0.15) is 5.60 Å². The Hall–Kier alpha value is -2.37. The summed E-state index contributed by atoms with van der Waals surface area (Å²) in [6.45, 7) is 6.36. The molecule has 2 heterocycles. The Labute approximate surface area is 135 Å². The Morgan fingerprint density at radius 3 is 2.57 bits per heavy atom. The zero-order valence-electron chi connectivity index (χ0n) is 13.7. The van der Waals surface area contributed by atoms with Crippen LogP contribution in [-0.4, -0.2) is 33.8 Å². The van der Waals surface area contributed by atoms with Gasteiger partial charge in [-0.25, -0.2) is 4.79 Å². The van der Waals surface area contributed by atoms with Gasteiger partial charge in [0.15, 0.2) is 0 Å². The number of benzene rings is 1. The SMILES string of the molecule is Cc1nnc(C[C@]2(c3ccccc3)CCN(C(C)C)C(=O)O2)o1. The van der Waals surface area contributed by atoms with E-state index in [-0.39, 0.29) is 12.1 Å². The first-order valence-corrected chi connectivity index (χ1v) is 7.84. The summed E-state index contributed by atoms with van der Waals surface area (Å²) in [5.41, 5.74) is 0.190. The minimum atomic E-state index is -0.761. The number of rotatable bonds is 4. The van der Waals surface area contributed by atoms with Crippen LogP contribution in [0.15, 0.2) is 34.7 Å². The van der Waals surface area contributed by atoms with Gasteiger partial charge in [0.2, 0.25) is 11.8 Å². The Morgan fingerprint density at radius 1 is 1.26 bits per heavy atom. The van der Waals surface area contributed by atoms with Crippen LogP contribution in [0.4, 0.5) is 4.79 Å². The average Bonchev–Trinajstić information content (AvgIpc) is 2.92. The van der Waals surface area contributed by atoms with E-state index in [2.05, 4.69) is 10.2 Å². The summed E-state index contributed by atoms with van der Waals surface area (Å²) in [5.74, 6) is 0.992. The van der Waals surface area contributed by atoms with Gasteiger partial charge in [0.05, 0.1) is 6.42 Å². The number of aromatic nitrogens is 2. The van der Waals surface area contributed by atoms with Gasteiger partial charge in [-0.3, -0.25) is 0 Å². The lowest BCUT2D eigenvalue weighted by Gasteiger charge is -2.42. The number of hydrogen-bond acceptors (Lipinski definition) is 5. The number of ether oxygens (including phenoxy) is 1. The molecule has 23 heavy (non-hydrogen) atoms. The van der Waals surface area contributed by atoms with E-state index in [0.717, 1.165) is 5.56 Å². The lowest BCUT2D eigenvalue weighted by atomic mass is 9.85. The van der Waals surface area contributed by atoms with Crippen molar-refractivity contribution in [2.24, 2.45) is 0 Å². The van der Waals surface area contributed by atoms with Crippen LogP contribution in [0.3, 0.4) is 0 Å². The lowest BCUT2D eigenvalue weighted by molar-refractivity contribution is -0.0616. The molecule has 1 aromatic carbocycles. The van der Waals surface area contributed by atoms with Crippen LogP contribution >= 0.6 is 0 Å². The Morgan fingerprint density at radius 2 is 2.00 bits per heavy atom. The van der Waals surface area contributed by atoms with Gasteiger partial charge in [-0.2, -0.15) is 0 Å². The smallest absolute Gasteiger partial charge is 0.410 e. The number of carbonyl (C=O) groups is 1. The zero-order valence-corrected chi connectivity index (χ0v) is 13.7.